The number of halogens is 2. The summed E-state index contributed by atoms with van der Waals surface area (Å²) >= 11 is 11.7. The first-order valence-electron chi connectivity index (χ1n) is 10.6. The summed E-state index contributed by atoms with van der Waals surface area (Å²) in [6, 6.07) is 16.1. The monoisotopic (exact) mass is 529 g/mol. The summed E-state index contributed by atoms with van der Waals surface area (Å²) in [4.78, 5) is 50.6. The van der Waals surface area contributed by atoms with Gasteiger partial charge in [0.05, 0.1) is 11.1 Å². The lowest BCUT2D eigenvalue weighted by Crippen LogP contribution is -2.48. The van der Waals surface area contributed by atoms with E-state index in [1.165, 1.54) is 48.5 Å². The predicted molar refractivity (Wildman–Crippen MR) is 133 cm³/mol. The molecule has 0 fully saturated rings. The third-order valence-electron chi connectivity index (χ3n) is 5.18. The molecule has 0 aliphatic heterocycles. The normalized spacial score (nSPS) is 12.2. The Labute approximate surface area is 216 Å². The van der Waals surface area contributed by atoms with Crippen molar-refractivity contribution in [3.8, 4) is 0 Å². The molecule has 1 amide bonds. The van der Waals surface area contributed by atoms with Crippen LogP contribution in [0.3, 0.4) is 0 Å². The second-order valence-electron chi connectivity index (χ2n) is 7.79. The lowest BCUT2D eigenvalue weighted by Gasteiger charge is -2.23. The third-order valence-corrected chi connectivity index (χ3v) is 5.68. The van der Waals surface area contributed by atoms with Crippen LogP contribution in [-0.2, 0) is 19.1 Å². The predicted octanol–water partition coefficient (Wildman–Crippen LogP) is 5.08. The van der Waals surface area contributed by atoms with E-state index >= 15 is 0 Å². The van der Waals surface area contributed by atoms with Crippen LogP contribution in [0.15, 0.2) is 66.7 Å². The zero-order valence-corrected chi connectivity index (χ0v) is 20.7. The Bertz CT molecular complexity index is 1290. The number of aliphatic carboxylic acids is 1. The van der Waals surface area contributed by atoms with Gasteiger partial charge < -0.3 is 19.9 Å². The highest BCUT2D eigenvalue weighted by atomic mass is 35.5. The molecule has 0 radical (unpaired) electrons. The molecule has 8 nitrogen and oxygen atoms in total. The number of anilines is 1. The maximum absolute atomic E-state index is 13.2. The largest absolute Gasteiger partial charge is 0.478 e. The summed E-state index contributed by atoms with van der Waals surface area (Å²) in [6.45, 7) is 3.71. The number of nitrogens with one attached hydrogen (secondary N) is 1. The van der Waals surface area contributed by atoms with Crippen LogP contribution in [0.4, 0.5) is 5.69 Å². The summed E-state index contributed by atoms with van der Waals surface area (Å²) in [5.74, 6) is -4.76. The molecule has 36 heavy (non-hydrogen) atoms. The van der Waals surface area contributed by atoms with E-state index in [1.54, 1.807) is 18.2 Å². The van der Waals surface area contributed by atoms with Gasteiger partial charge in [0.2, 0.25) is 12.2 Å². The van der Waals surface area contributed by atoms with Gasteiger partial charge in [0.15, 0.2) is 0 Å². The van der Waals surface area contributed by atoms with Gasteiger partial charge in [-0.05, 0) is 85.6 Å². The van der Waals surface area contributed by atoms with Gasteiger partial charge >= 0.3 is 17.9 Å². The van der Waals surface area contributed by atoms with Crippen molar-refractivity contribution in [3.05, 3.63) is 99.0 Å². The molecule has 0 aliphatic rings. The van der Waals surface area contributed by atoms with E-state index in [0.717, 1.165) is 11.1 Å². The van der Waals surface area contributed by atoms with Crippen molar-refractivity contribution in [2.75, 3.05) is 5.32 Å². The van der Waals surface area contributed by atoms with Crippen molar-refractivity contribution in [3.63, 3.8) is 0 Å². The van der Waals surface area contributed by atoms with Gasteiger partial charge in [-0.2, -0.15) is 0 Å². The van der Waals surface area contributed by atoms with E-state index in [2.05, 4.69) is 5.32 Å². The summed E-state index contributed by atoms with van der Waals surface area (Å²) < 4.78 is 10.4. The quantitative estimate of drug-likeness (QED) is 0.390. The molecule has 3 aromatic rings. The number of esters is 2. The molecule has 0 aliphatic carbocycles. The molecule has 186 valence electrons. The standard InChI is InChI=1S/C26H21Cl2NO7/c1-14-3-12-20(13-15(14)2)29-23(30)21(35-25(33)16-4-8-18(27)9-5-16)22(24(31)32)36-26(34)17-6-10-19(28)11-7-17/h3-13,21-22H,1-2H3,(H,29,30)(H,31,32)/t21-,22-/m0/s1. The van der Waals surface area contributed by atoms with Gasteiger partial charge in [-0.1, -0.05) is 29.3 Å². The van der Waals surface area contributed by atoms with Gasteiger partial charge in [-0.3, -0.25) is 4.79 Å². The van der Waals surface area contributed by atoms with Crippen molar-refractivity contribution in [1.82, 2.24) is 0 Å². The van der Waals surface area contributed by atoms with Gasteiger partial charge in [-0.25, -0.2) is 14.4 Å². The zero-order valence-electron chi connectivity index (χ0n) is 19.2. The van der Waals surface area contributed by atoms with E-state index in [-0.39, 0.29) is 11.1 Å². The van der Waals surface area contributed by atoms with Gasteiger partial charge in [0.25, 0.3) is 5.91 Å². The van der Waals surface area contributed by atoms with Gasteiger partial charge in [0, 0.05) is 15.7 Å². The van der Waals surface area contributed by atoms with Crippen LogP contribution >= 0.6 is 23.2 Å². The average molecular weight is 530 g/mol. The number of ether oxygens (including phenoxy) is 2. The van der Waals surface area contributed by atoms with Crippen LogP contribution in [0.1, 0.15) is 31.8 Å². The Balaban J connectivity index is 1.92. The van der Waals surface area contributed by atoms with Crippen LogP contribution in [0.2, 0.25) is 10.0 Å². The number of amides is 1. The molecule has 0 bridgehead atoms. The highest BCUT2D eigenvalue weighted by molar-refractivity contribution is 6.31. The van der Waals surface area contributed by atoms with Crippen molar-refractivity contribution < 1.29 is 33.8 Å². The van der Waals surface area contributed by atoms with Crippen LogP contribution < -0.4 is 5.32 Å². The Kier molecular flexibility index (Phi) is 8.68. The number of hydrogen-bond acceptors (Lipinski definition) is 6. The molecule has 0 spiro atoms. The summed E-state index contributed by atoms with van der Waals surface area (Å²) in [5, 5.41) is 13.0. The minimum atomic E-state index is -2.16. The molecule has 3 rings (SSSR count). The van der Waals surface area contributed by atoms with Crippen molar-refractivity contribution >= 4 is 52.7 Å². The Morgan fingerprint density at radius 2 is 1.19 bits per heavy atom. The fourth-order valence-corrected chi connectivity index (χ4v) is 3.32. The van der Waals surface area contributed by atoms with Crippen molar-refractivity contribution in [1.29, 1.82) is 0 Å². The lowest BCUT2D eigenvalue weighted by molar-refractivity contribution is -0.157. The van der Waals surface area contributed by atoms with Crippen LogP contribution in [0.25, 0.3) is 0 Å². The molecule has 0 saturated heterocycles. The number of hydrogen-bond donors (Lipinski definition) is 2. The molecule has 0 aromatic heterocycles. The van der Waals surface area contributed by atoms with Crippen molar-refractivity contribution in [2.24, 2.45) is 0 Å². The maximum Gasteiger partial charge on any atom is 0.349 e. The maximum atomic E-state index is 13.2. The van der Waals surface area contributed by atoms with E-state index < -0.39 is 36.0 Å². The Hall–Kier alpha value is -3.88. The molecule has 0 saturated carbocycles. The number of carbonyl (C=O) groups is 4. The molecule has 2 N–H and O–H groups in total. The first-order chi connectivity index (χ1) is 17.0. The van der Waals surface area contributed by atoms with Gasteiger partial charge in [0.1, 0.15) is 0 Å². The first kappa shape index (κ1) is 26.7. The smallest absolute Gasteiger partial charge is 0.349 e. The lowest BCUT2D eigenvalue weighted by atomic mass is 10.1. The molecule has 3 aromatic carbocycles. The second kappa shape index (κ2) is 11.7. The topological polar surface area (TPSA) is 119 Å². The summed E-state index contributed by atoms with van der Waals surface area (Å²) in [7, 11) is 0. The molecule has 0 heterocycles. The van der Waals surface area contributed by atoms with E-state index in [4.69, 9.17) is 32.7 Å². The minimum Gasteiger partial charge on any atom is -0.478 e. The fraction of sp³-hybridized carbons (Fsp3) is 0.154. The summed E-state index contributed by atoms with van der Waals surface area (Å²) in [6.07, 6.45) is -4.18. The molecule has 0 unspecified atom stereocenters. The van der Waals surface area contributed by atoms with Gasteiger partial charge in [-0.15, -0.1) is 0 Å². The number of rotatable bonds is 8. The summed E-state index contributed by atoms with van der Waals surface area (Å²) in [5.41, 5.74) is 2.17. The molecule has 2 atom stereocenters. The van der Waals surface area contributed by atoms with Crippen LogP contribution in [0, 0.1) is 13.8 Å². The SMILES string of the molecule is Cc1ccc(NC(=O)[C@@H](OC(=O)c2ccc(Cl)cc2)[C@H](OC(=O)c2ccc(Cl)cc2)C(=O)O)cc1C. The Morgan fingerprint density at radius 1 is 0.722 bits per heavy atom. The minimum absolute atomic E-state index is 0.0107. The van der Waals surface area contributed by atoms with E-state index in [1.807, 2.05) is 13.8 Å². The molecular formula is C26H21Cl2NO7. The molecule has 10 heteroatoms. The zero-order chi connectivity index (χ0) is 26.4. The highest BCUT2D eigenvalue weighted by Crippen LogP contribution is 2.19. The van der Waals surface area contributed by atoms with Crippen LogP contribution in [0.5, 0.6) is 0 Å². The number of benzene rings is 3. The van der Waals surface area contributed by atoms with E-state index in [0.29, 0.717) is 15.7 Å². The van der Waals surface area contributed by atoms with Crippen molar-refractivity contribution in [2.45, 2.75) is 26.1 Å². The number of carboxylic acids is 1. The number of carbonyl (C=O) groups excluding carboxylic acids is 3. The number of carboxylic acid groups (broad SMARTS) is 1. The van der Waals surface area contributed by atoms with E-state index in [9.17, 15) is 24.3 Å². The Morgan fingerprint density at radius 3 is 1.64 bits per heavy atom. The first-order valence-corrected chi connectivity index (χ1v) is 11.3. The molecular weight excluding hydrogens is 509 g/mol. The highest BCUT2D eigenvalue weighted by Gasteiger charge is 2.41. The second-order valence-corrected chi connectivity index (χ2v) is 8.67. The third kappa shape index (κ3) is 6.84. The van der Waals surface area contributed by atoms with Crippen LogP contribution in [-0.4, -0.2) is 41.1 Å². The number of aryl methyl sites for hydroxylation is 2. The average Bonchev–Trinajstić information content (AvgIpc) is 2.84. The fourth-order valence-electron chi connectivity index (χ4n) is 3.07.